The molecule has 0 aromatic carbocycles. The predicted molar refractivity (Wildman–Crippen MR) is 54.0 cm³/mol. The molecule has 5 nitrogen and oxygen atoms in total. The van der Waals surface area contributed by atoms with Gasteiger partial charge in [-0.1, -0.05) is 5.16 Å². The van der Waals surface area contributed by atoms with Crippen LogP contribution in [0.2, 0.25) is 0 Å². The molecule has 0 spiro atoms. The van der Waals surface area contributed by atoms with E-state index in [0.29, 0.717) is 6.42 Å². The first-order valence-corrected chi connectivity index (χ1v) is 5.27. The van der Waals surface area contributed by atoms with E-state index in [0.717, 1.165) is 5.75 Å². The Bertz CT molecular complexity index is 196. The van der Waals surface area contributed by atoms with Gasteiger partial charge in [-0.25, -0.2) is 0 Å². The summed E-state index contributed by atoms with van der Waals surface area (Å²) in [6.45, 7) is 1.66. The van der Waals surface area contributed by atoms with Crippen LogP contribution in [0.25, 0.3) is 0 Å². The van der Waals surface area contributed by atoms with Crippen molar-refractivity contribution in [2.75, 3.05) is 12.0 Å². The lowest BCUT2D eigenvalue weighted by atomic mass is 10.3. The van der Waals surface area contributed by atoms with E-state index in [2.05, 4.69) is 10.5 Å². The zero-order valence-electron chi connectivity index (χ0n) is 7.78. The van der Waals surface area contributed by atoms with E-state index in [1.54, 1.807) is 18.7 Å². The number of amidine groups is 1. The molecule has 1 amide bonds. The number of nitrogens with two attached hydrogens (primary N) is 1. The van der Waals surface area contributed by atoms with E-state index in [4.69, 9.17) is 10.9 Å². The molecular formula is C7H15N3O2S. The molecule has 0 aromatic heterocycles. The summed E-state index contributed by atoms with van der Waals surface area (Å²) in [4.78, 5) is 11.1. The summed E-state index contributed by atoms with van der Waals surface area (Å²) in [6.07, 6.45) is 2.38. The minimum atomic E-state index is -0.417. The number of carbonyl (C=O) groups is 1. The molecule has 0 fully saturated rings. The maximum atomic E-state index is 11.1. The van der Waals surface area contributed by atoms with Crippen LogP contribution in [-0.4, -0.2) is 35.0 Å². The van der Waals surface area contributed by atoms with E-state index in [1.165, 1.54) is 0 Å². The molecular weight excluding hydrogens is 190 g/mol. The van der Waals surface area contributed by atoms with Crippen LogP contribution in [-0.2, 0) is 4.79 Å². The first-order valence-electron chi connectivity index (χ1n) is 3.87. The minimum absolute atomic E-state index is 0.0116. The molecule has 6 heteroatoms. The van der Waals surface area contributed by atoms with Gasteiger partial charge >= 0.3 is 0 Å². The molecule has 0 saturated heterocycles. The Balaban J connectivity index is 3.78. The smallest absolute Gasteiger partial charge is 0.221 e. The average molecular weight is 205 g/mol. The van der Waals surface area contributed by atoms with Gasteiger partial charge in [0.2, 0.25) is 5.91 Å². The molecule has 76 valence electrons. The summed E-state index contributed by atoms with van der Waals surface area (Å²) in [5.74, 6) is 0.695. The summed E-state index contributed by atoms with van der Waals surface area (Å²) in [5, 5.41) is 13.7. The summed E-state index contributed by atoms with van der Waals surface area (Å²) >= 11 is 1.60. The van der Waals surface area contributed by atoms with E-state index in [9.17, 15) is 4.79 Å². The van der Waals surface area contributed by atoms with Crippen LogP contribution in [0.4, 0.5) is 0 Å². The van der Waals surface area contributed by atoms with Crippen molar-refractivity contribution in [2.24, 2.45) is 10.9 Å². The Labute approximate surface area is 81.7 Å². The third-order valence-electron chi connectivity index (χ3n) is 1.47. The third kappa shape index (κ3) is 5.35. The van der Waals surface area contributed by atoms with Crippen molar-refractivity contribution in [3.05, 3.63) is 0 Å². The third-order valence-corrected chi connectivity index (χ3v) is 2.08. The number of oxime groups is 1. The monoisotopic (exact) mass is 205 g/mol. The van der Waals surface area contributed by atoms with Gasteiger partial charge in [0.1, 0.15) is 0 Å². The van der Waals surface area contributed by atoms with Gasteiger partial charge in [0, 0.05) is 12.2 Å². The van der Waals surface area contributed by atoms with Gasteiger partial charge in [-0.15, -0.1) is 0 Å². The van der Waals surface area contributed by atoms with Gasteiger partial charge in [0.15, 0.2) is 5.84 Å². The summed E-state index contributed by atoms with van der Waals surface area (Å²) in [6, 6.07) is -0.417. The van der Waals surface area contributed by atoms with Crippen LogP contribution in [0.5, 0.6) is 0 Å². The van der Waals surface area contributed by atoms with Gasteiger partial charge in [0.05, 0.1) is 6.04 Å². The van der Waals surface area contributed by atoms with Crippen molar-refractivity contribution in [1.29, 1.82) is 0 Å². The lowest BCUT2D eigenvalue weighted by molar-refractivity contribution is -0.120. The van der Waals surface area contributed by atoms with E-state index in [1.807, 2.05) is 6.26 Å². The lowest BCUT2D eigenvalue weighted by Gasteiger charge is -2.11. The Kier molecular flexibility index (Phi) is 6.13. The van der Waals surface area contributed by atoms with Gasteiger partial charge in [-0.05, 0) is 13.2 Å². The molecule has 0 aliphatic rings. The average Bonchev–Trinajstić information content (AvgIpc) is 2.13. The first-order chi connectivity index (χ1) is 6.11. The fourth-order valence-electron chi connectivity index (χ4n) is 0.669. The van der Waals surface area contributed by atoms with Crippen molar-refractivity contribution in [2.45, 2.75) is 19.4 Å². The van der Waals surface area contributed by atoms with E-state index in [-0.39, 0.29) is 11.7 Å². The Hall–Kier alpha value is -0.910. The van der Waals surface area contributed by atoms with Crippen LogP contribution >= 0.6 is 11.8 Å². The highest BCUT2D eigenvalue weighted by Gasteiger charge is 2.10. The van der Waals surface area contributed by atoms with Crippen LogP contribution in [0.15, 0.2) is 5.16 Å². The zero-order chi connectivity index (χ0) is 10.3. The molecule has 0 rings (SSSR count). The number of carbonyl (C=O) groups excluding carboxylic acids is 1. The second-order valence-corrected chi connectivity index (χ2v) is 3.54. The van der Waals surface area contributed by atoms with Crippen LogP contribution < -0.4 is 11.1 Å². The number of hydrogen-bond acceptors (Lipinski definition) is 4. The molecule has 0 bridgehead atoms. The van der Waals surface area contributed by atoms with E-state index >= 15 is 0 Å². The quantitative estimate of drug-likeness (QED) is 0.255. The van der Waals surface area contributed by atoms with Crippen LogP contribution in [0, 0.1) is 0 Å². The van der Waals surface area contributed by atoms with Crippen molar-refractivity contribution < 1.29 is 10.0 Å². The van der Waals surface area contributed by atoms with Crippen molar-refractivity contribution in [3.63, 3.8) is 0 Å². The number of thioether (sulfide) groups is 1. The Morgan fingerprint density at radius 3 is 2.85 bits per heavy atom. The Morgan fingerprint density at radius 2 is 2.38 bits per heavy atom. The highest BCUT2D eigenvalue weighted by atomic mass is 32.2. The van der Waals surface area contributed by atoms with Crippen molar-refractivity contribution in [1.82, 2.24) is 5.32 Å². The fraction of sp³-hybridized carbons (Fsp3) is 0.714. The highest BCUT2D eigenvalue weighted by Crippen LogP contribution is 1.95. The summed E-state index contributed by atoms with van der Waals surface area (Å²) in [5.41, 5.74) is 5.27. The maximum Gasteiger partial charge on any atom is 0.221 e. The van der Waals surface area contributed by atoms with Crippen molar-refractivity contribution in [3.8, 4) is 0 Å². The van der Waals surface area contributed by atoms with E-state index < -0.39 is 6.04 Å². The molecule has 1 atom stereocenters. The maximum absolute atomic E-state index is 11.1. The second kappa shape index (κ2) is 6.59. The standard InChI is InChI=1S/C7H15N3O2S/c1-5(7(8)10-12)9-6(11)3-4-13-2/h5,12H,3-4H2,1-2H3,(H2,8,10)(H,9,11). The number of amides is 1. The topological polar surface area (TPSA) is 87.7 Å². The number of rotatable bonds is 5. The molecule has 0 heterocycles. The largest absolute Gasteiger partial charge is 0.409 e. The molecule has 13 heavy (non-hydrogen) atoms. The Morgan fingerprint density at radius 1 is 1.77 bits per heavy atom. The van der Waals surface area contributed by atoms with Crippen LogP contribution in [0.3, 0.4) is 0 Å². The second-order valence-electron chi connectivity index (χ2n) is 2.56. The molecule has 0 saturated carbocycles. The highest BCUT2D eigenvalue weighted by molar-refractivity contribution is 7.98. The number of nitrogens with zero attached hydrogens (tertiary/aromatic N) is 1. The zero-order valence-corrected chi connectivity index (χ0v) is 8.60. The number of hydrogen-bond donors (Lipinski definition) is 3. The van der Waals surface area contributed by atoms with Crippen LogP contribution in [0.1, 0.15) is 13.3 Å². The van der Waals surface area contributed by atoms with Crippen molar-refractivity contribution >= 4 is 23.5 Å². The van der Waals surface area contributed by atoms with Gasteiger partial charge in [-0.3, -0.25) is 4.79 Å². The predicted octanol–water partition coefficient (Wildman–Crippen LogP) is -0.00940. The summed E-state index contributed by atoms with van der Waals surface area (Å²) in [7, 11) is 0. The molecule has 0 aliphatic heterocycles. The van der Waals surface area contributed by atoms with Gasteiger partial charge in [-0.2, -0.15) is 11.8 Å². The van der Waals surface area contributed by atoms with Gasteiger partial charge < -0.3 is 16.3 Å². The molecule has 1 unspecified atom stereocenters. The molecule has 4 N–H and O–H groups in total. The normalized spacial score (nSPS) is 13.8. The minimum Gasteiger partial charge on any atom is -0.409 e. The molecule has 0 aliphatic carbocycles. The molecule has 0 radical (unpaired) electrons. The molecule has 0 aromatic rings. The first kappa shape index (κ1) is 12.1. The summed E-state index contributed by atoms with van der Waals surface area (Å²) < 4.78 is 0. The SMILES string of the molecule is CSCCC(=O)NC(C)C(N)=NO. The van der Waals surface area contributed by atoms with Gasteiger partial charge in [0.25, 0.3) is 0 Å². The fourth-order valence-corrected chi connectivity index (χ4v) is 1.06. The number of nitrogens with one attached hydrogen (secondary N) is 1. The lowest BCUT2D eigenvalue weighted by Crippen LogP contribution is -2.42.